The van der Waals surface area contributed by atoms with Crippen molar-refractivity contribution in [3.05, 3.63) is 64.4 Å². The van der Waals surface area contributed by atoms with E-state index in [1.807, 2.05) is 13.8 Å². The van der Waals surface area contributed by atoms with Crippen LogP contribution in [0.15, 0.2) is 47.7 Å². The van der Waals surface area contributed by atoms with Gasteiger partial charge in [-0.25, -0.2) is 4.39 Å². The molecule has 0 saturated carbocycles. The van der Waals surface area contributed by atoms with Crippen LogP contribution in [0.4, 0.5) is 10.1 Å². The Balaban J connectivity index is 2.62. The zero-order valence-corrected chi connectivity index (χ0v) is 24.2. The molecular weight excluding hydrogens is 429 g/mol. The predicted octanol–water partition coefficient (Wildman–Crippen LogP) is 10.6. The number of unbranched alkanes of at least 4 members (excludes halogenated alkanes) is 3. The van der Waals surface area contributed by atoms with Gasteiger partial charge >= 0.3 is 0 Å². The molecule has 0 radical (unpaired) electrons. The lowest BCUT2D eigenvalue weighted by atomic mass is 9.70. The quantitative estimate of drug-likeness (QED) is 0.298. The van der Waals surface area contributed by atoms with Gasteiger partial charge in [-0.05, 0) is 94.2 Å². The highest BCUT2D eigenvalue weighted by molar-refractivity contribution is 5.82. The van der Waals surface area contributed by atoms with Crippen LogP contribution in [-0.2, 0) is 11.8 Å². The van der Waals surface area contributed by atoms with Crippen LogP contribution >= 0.6 is 0 Å². The Labute approximate surface area is 215 Å². The number of benzene rings is 2. The van der Waals surface area contributed by atoms with Crippen LogP contribution in [0.3, 0.4) is 0 Å². The number of halogens is 1. The third kappa shape index (κ3) is 6.99. The third-order valence-corrected chi connectivity index (χ3v) is 8.45. The molecule has 2 rings (SSSR count). The van der Waals surface area contributed by atoms with Crippen molar-refractivity contribution in [2.45, 2.75) is 119 Å². The number of alkyl halides is 1. The van der Waals surface area contributed by atoms with E-state index in [0.29, 0.717) is 5.92 Å². The second-order valence-corrected chi connectivity index (χ2v) is 11.5. The van der Waals surface area contributed by atoms with Crippen molar-refractivity contribution in [2.75, 3.05) is 5.32 Å². The molecule has 0 heterocycles. The largest absolute Gasteiger partial charge is 0.359 e. The topological polar surface area (TPSA) is 12.0 Å². The van der Waals surface area contributed by atoms with E-state index in [1.165, 1.54) is 53.6 Å². The standard InChI is InChI=1S/C33H50FN/c1-11-13-14-15-17-27-20-21-31(35-26(6)24(4)23(3)12-2)29(22-27)28-18-16-19-30(25(28)5)32(7,8)33(9,10)34/h16,18-23,35H,11-15,17H2,1-10H3/b26-24-. The van der Waals surface area contributed by atoms with Gasteiger partial charge in [0.15, 0.2) is 0 Å². The second-order valence-electron chi connectivity index (χ2n) is 11.5. The number of rotatable bonds is 12. The summed E-state index contributed by atoms with van der Waals surface area (Å²) >= 11 is 0. The molecule has 0 saturated heterocycles. The van der Waals surface area contributed by atoms with Crippen LogP contribution < -0.4 is 5.32 Å². The van der Waals surface area contributed by atoms with E-state index in [0.717, 1.165) is 29.7 Å². The fourth-order valence-electron chi connectivity index (χ4n) is 4.74. The fraction of sp³-hybridized carbons (Fsp3) is 0.576. The van der Waals surface area contributed by atoms with Crippen molar-refractivity contribution in [3.63, 3.8) is 0 Å². The monoisotopic (exact) mass is 479 g/mol. The summed E-state index contributed by atoms with van der Waals surface area (Å²) in [6.45, 7) is 20.8. The van der Waals surface area contributed by atoms with Gasteiger partial charge in [-0.15, -0.1) is 0 Å². The van der Waals surface area contributed by atoms with Crippen molar-refractivity contribution < 1.29 is 4.39 Å². The van der Waals surface area contributed by atoms with Gasteiger partial charge in [0.1, 0.15) is 5.67 Å². The Kier molecular flexibility index (Phi) is 10.2. The Bertz CT molecular complexity index is 1010. The minimum Gasteiger partial charge on any atom is -0.359 e. The van der Waals surface area contributed by atoms with E-state index in [-0.39, 0.29) is 0 Å². The molecule has 2 heteroatoms. The van der Waals surface area contributed by atoms with E-state index < -0.39 is 11.1 Å². The maximum Gasteiger partial charge on any atom is 0.114 e. The van der Waals surface area contributed by atoms with Gasteiger partial charge in [0.05, 0.1) is 0 Å². The van der Waals surface area contributed by atoms with E-state index >= 15 is 4.39 Å². The molecule has 1 unspecified atom stereocenters. The van der Waals surface area contributed by atoms with Gasteiger partial charge in [0.25, 0.3) is 0 Å². The average Bonchev–Trinajstić information content (AvgIpc) is 2.81. The SMILES string of the molecule is CCCCCCc1ccc(N/C(C)=C(/C)C(C)CC)c(-c2cccc(C(C)(C)C(C)(C)F)c2C)c1. The highest BCUT2D eigenvalue weighted by atomic mass is 19.1. The summed E-state index contributed by atoms with van der Waals surface area (Å²) in [7, 11) is 0. The molecule has 194 valence electrons. The summed E-state index contributed by atoms with van der Waals surface area (Å²) in [5.41, 5.74) is 7.82. The number of anilines is 1. The molecular formula is C33H50FN. The van der Waals surface area contributed by atoms with Crippen LogP contribution in [-0.4, -0.2) is 5.67 Å². The van der Waals surface area contributed by atoms with E-state index in [1.54, 1.807) is 13.8 Å². The minimum atomic E-state index is -1.33. The predicted molar refractivity (Wildman–Crippen MR) is 154 cm³/mol. The van der Waals surface area contributed by atoms with Gasteiger partial charge in [-0.3, -0.25) is 0 Å². The molecule has 0 aromatic heterocycles. The molecule has 0 spiro atoms. The highest BCUT2D eigenvalue weighted by Gasteiger charge is 2.39. The zero-order valence-electron chi connectivity index (χ0n) is 24.2. The van der Waals surface area contributed by atoms with Crippen LogP contribution in [0.1, 0.15) is 111 Å². The Morgan fingerprint density at radius 2 is 1.63 bits per heavy atom. The first-order valence-corrected chi connectivity index (χ1v) is 13.7. The van der Waals surface area contributed by atoms with Gasteiger partial charge in [0, 0.05) is 22.4 Å². The average molecular weight is 480 g/mol. The van der Waals surface area contributed by atoms with Crippen LogP contribution in [0.5, 0.6) is 0 Å². The summed E-state index contributed by atoms with van der Waals surface area (Å²) in [5, 5.41) is 3.75. The molecule has 1 nitrogen and oxygen atoms in total. The lowest BCUT2D eigenvalue weighted by Crippen LogP contribution is -2.39. The molecule has 0 fully saturated rings. The molecule has 0 aliphatic heterocycles. The first-order valence-electron chi connectivity index (χ1n) is 13.7. The molecule has 2 aromatic carbocycles. The smallest absolute Gasteiger partial charge is 0.114 e. The molecule has 0 aliphatic carbocycles. The first-order chi connectivity index (χ1) is 16.3. The number of aryl methyl sites for hydroxylation is 1. The summed E-state index contributed by atoms with van der Waals surface area (Å²) in [5.74, 6) is 0.543. The number of allylic oxidation sites excluding steroid dienone is 2. The lowest BCUT2D eigenvalue weighted by Gasteiger charge is -2.37. The molecule has 0 aliphatic rings. The lowest BCUT2D eigenvalue weighted by molar-refractivity contribution is 0.114. The van der Waals surface area contributed by atoms with Crippen LogP contribution in [0, 0.1) is 12.8 Å². The third-order valence-electron chi connectivity index (χ3n) is 8.45. The Morgan fingerprint density at radius 1 is 0.943 bits per heavy atom. The van der Waals surface area contributed by atoms with Crippen molar-refractivity contribution in [2.24, 2.45) is 5.92 Å². The Hall–Kier alpha value is -2.09. The Morgan fingerprint density at radius 3 is 2.23 bits per heavy atom. The van der Waals surface area contributed by atoms with Crippen molar-refractivity contribution in [1.29, 1.82) is 0 Å². The fourth-order valence-corrected chi connectivity index (χ4v) is 4.74. The van der Waals surface area contributed by atoms with Crippen LogP contribution in [0.25, 0.3) is 11.1 Å². The van der Waals surface area contributed by atoms with Gasteiger partial charge < -0.3 is 5.32 Å². The molecule has 0 bridgehead atoms. The van der Waals surface area contributed by atoms with E-state index in [2.05, 4.69) is 83.3 Å². The first kappa shape index (κ1) is 29.1. The zero-order chi connectivity index (χ0) is 26.4. The minimum absolute atomic E-state index is 0.543. The normalized spacial score (nSPS) is 14.0. The summed E-state index contributed by atoms with van der Waals surface area (Å²) < 4.78 is 15.3. The number of hydrogen-bond acceptors (Lipinski definition) is 1. The van der Waals surface area contributed by atoms with Gasteiger partial charge in [0.2, 0.25) is 0 Å². The van der Waals surface area contributed by atoms with Gasteiger partial charge in [-0.1, -0.05) is 83.7 Å². The summed E-state index contributed by atoms with van der Waals surface area (Å²) in [4.78, 5) is 0. The van der Waals surface area contributed by atoms with Crippen molar-refractivity contribution in [3.8, 4) is 11.1 Å². The maximum atomic E-state index is 15.3. The molecule has 0 amide bonds. The molecule has 35 heavy (non-hydrogen) atoms. The molecule has 2 aromatic rings. The van der Waals surface area contributed by atoms with Crippen molar-refractivity contribution in [1.82, 2.24) is 0 Å². The van der Waals surface area contributed by atoms with Crippen LogP contribution in [0.2, 0.25) is 0 Å². The van der Waals surface area contributed by atoms with Gasteiger partial charge in [-0.2, -0.15) is 0 Å². The van der Waals surface area contributed by atoms with Crippen molar-refractivity contribution >= 4 is 5.69 Å². The molecule has 1 atom stereocenters. The molecule has 1 N–H and O–H groups in total. The summed E-state index contributed by atoms with van der Waals surface area (Å²) in [6, 6.07) is 13.3. The number of nitrogens with one attached hydrogen (secondary N) is 1. The second kappa shape index (κ2) is 12.2. The maximum absolute atomic E-state index is 15.3. The van der Waals surface area contributed by atoms with E-state index in [9.17, 15) is 0 Å². The highest BCUT2D eigenvalue weighted by Crippen LogP contribution is 2.42. The summed E-state index contributed by atoms with van der Waals surface area (Å²) in [6.07, 6.45) is 7.26. The van der Waals surface area contributed by atoms with E-state index in [4.69, 9.17) is 0 Å². The number of hydrogen-bond donors (Lipinski definition) is 1.